The van der Waals surface area contributed by atoms with Gasteiger partial charge >= 0.3 is 5.97 Å². The van der Waals surface area contributed by atoms with Crippen molar-refractivity contribution in [3.05, 3.63) is 29.3 Å². The molecule has 1 aromatic rings. The van der Waals surface area contributed by atoms with Crippen molar-refractivity contribution in [2.75, 3.05) is 13.7 Å². The van der Waals surface area contributed by atoms with Crippen LogP contribution in [0.5, 0.6) is 11.5 Å². The second-order valence-electron chi connectivity index (χ2n) is 5.42. The zero-order valence-electron chi connectivity index (χ0n) is 14.4. The number of carboxylic acids is 1. The third-order valence-corrected chi connectivity index (χ3v) is 3.91. The molecule has 0 aliphatic carbocycles. The lowest BCUT2D eigenvalue weighted by Crippen LogP contribution is -2.52. The topological polar surface area (TPSA) is 105 Å². The number of benzene rings is 1. The molecule has 0 bridgehead atoms. The first kappa shape index (κ1) is 19.4. The van der Waals surface area contributed by atoms with E-state index in [0.717, 1.165) is 4.90 Å². The van der Waals surface area contributed by atoms with Crippen LogP contribution in [0.25, 0.3) is 6.08 Å². The van der Waals surface area contributed by atoms with E-state index < -0.39 is 23.9 Å². The summed E-state index contributed by atoms with van der Waals surface area (Å²) in [7, 11) is 1.47. The monoisotopic (exact) mass is 378 g/mol. The molecule has 1 unspecified atom stereocenters. The largest absolute Gasteiger partial charge is 0.490 e. The van der Waals surface area contributed by atoms with Gasteiger partial charge in [0, 0.05) is 7.05 Å². The SMILES string of the molecule is CCOc1cc(/C=C2/C(=O)NC(=S)N(C)C2=O)ccc1OC(C)C(=O)O. The summed E-state index contributed by atoms with van der Waals surface area (Å²) in [6.45, 7) is 3.50. The Labute approximate surface area is 155 Å². The summed E-state index contributed by atoms with van der Waals surface area (Å²) in [6, 6.07) is 4.68. The predicted octanol–water partition coefficient (Wildman–Crippen LogP) is 1.19. The third kappa shape index (κ3) is 4.17. The number of amides is 2. The number of hydrogen-bond acceptors (Lipinski definition) is 6. The van der Waals surface area contributed by atoms with Crippen LogP contribution in [-0.4, -0.2) is 52.7 Å². The van der Waals surface area contributed by atoms with E-state index in [9.17, 15) is 14.4 Å². The number of likely N-dealkylation sites (N-methyl/N-ethyl adjacent to an activating group) is 1. The maximum atomic E-state index is 12.2. The van der Waals surface area contributed by atoms with Gasteiger partial charge in [0.15, 0.2) is 22.7 Å². The van der Waals surface area contributed by atoms with Gasteiger partial charge in [-0.05, 0) is 49.8 Å². The normalized spacial score (nSPS) is 17.1. The molecule has 1 aromatic carbocycles. The molecule has 0 saturated carbocycles. The van der Waals surface area contributed by atoms with Crippen molar-refractivity contribution in [1.82, 2.24) is 10.2 Å². The average molecular weight is 378 g/mol. The molecule has 1 saturated heterocycles. The molecule has 2 rings (SSSR count). The second kappa shape index (κ2) is 7.96. The van der Waals surface area contributed by atoms with Crippen molar-refractivity contribution in [3.63, 3.8) is 0 Å². The van der Waals surface area contributed by atoms with Crippen LogP contribution >= 0.6 is 12.2 Å². The smallest absolute Gasteiger partial charge is 0.344 e. The van der Waals surface area contributed by atoms with Crippen LogP contribution in [0, 0.1) is 0 Å². The van der Waals surface area contributed by atoms with Gasteiger partial charge in [-0.25, -0.2) is 4.79 Å². The number of aliphatic carboxylic acids is 1. The number of carbonyl (C=O) groups is 3. The van der Waals surface area contributed by atoms with Gasteiger partial charge in [-0.1, -0.05) is 6.07 Å². The Hall–Kier alpha value is -2.94. The summed E-state index contributed by atoms with van der Waals surface area (Å²) in [5, 5.41) is 11.4. The van der Waals surface area contributed by atoms with Gasteiger partial charge in [0.05, 0.1) is 6.61 Å². The van der Waals surface area contributed by atoms with Gasteiger partial charge in [-0.3, -0.25) is 19.8 Å². The maximum Gasteiger partial charge on any atom is 0.344 e. The van der Waals surface area contributed by atoms with Gasteiger partial charge in [0.25, 0.3) is 11.8 Å². The molecule has 2 amide bonds. The van der Waals surface area contributed by atoms with E-state index in [-0.39, 0.29) is 16.4 Å². The van der Waals surface area contributed by atoms with Crippen LogP contribution in [0.1, 0.15) is 19.4 Å². The van der Waals surface area contributed by atoms with E-state index in [4.69, 9.17) is 26.8 Å². The maximum absolute atomic E-state index is 12.2. The Morgan fingerprint density at radius 2 is 2.08 bits per heavy atom. The van der Waals surface area contributed by atoms with E-state index in [2.05, 4.69) is 5.32 Å². The highest BCUT2D eigenvalue weighted by Gasteiger charge is 2.30. The average Bonchev–Trinajstić information content (AvgIpc) is 2.59. The summed E-state index contributed by atoms with van der Waals surface area (Å²) >= 11 is 4.89. The molecule has 1 aliphatic heterocycles. The Morgan fingerprint density at radius 1 is 1.38 bits per heavy atom. The summed E-state index contributed by atoms with van der Waals surface area (Å²) in [5.41, 5.74) is 0.444. The van der Waals surface area contributed by atoms with Crippen molar-refractivity contribution in [1.29, 1.82) is 0 Å². The zero-order valence-corrected chi connectivity index (χ0v) is 15.3. The fourth-order valence-corrected chi connectivity index (χ4v) is 2.31. The highest BCUT2D eigenvalue weighted by Crippen LogP contribution is 2.30. The molecule has 9 heteroatoms. The summed E-state index contributed by atoms with van der Waals surface area (Å²) in [6.07, 6.45) is 0.349. The standard InChI is InChI=1S/C17H18N2O6S/c1-4-24-13-8-10(5-6-12(13)25-9(2)16(22)23)7-11-14(20)18-17(26)19(3)15(11)21/h5-9H,4H2,1-3H3,(H,22,23)(H,18,20,26)/b11-7-. The molecule has 26 heavy (non-hydrogen) atoms. The second-order valence-corrected chi connectivity index (χ2v) is 5.81. The van der Waals surface area contributed by atoms with Gasteiger partial charge in [0.2, 0.25) is 0 Å². The van der Waals surface area contributed by atoms with Crippen LogP contribution in [0.15, 0.2) is 23.8 Å². The summed E-state index contributed by atoms with van der Waals surface area (Å²) < 4.78 is 10.8. The Balaban J connectivity index is 2.37. The lowest BCUT2D eigenvalue weighted by molar-refractivity contribution is -0.144. The molecule has 0 aromatic heterocycles. The number of nitrogens with one attached hydrogen (secondary N) is 1. The molecular formula is C17H18N2O6S. The van der Waals surface area contributed by atoms with Gasteiger partial charge in [-0.2, -0.15) is 0 Å². The minimum absolute atomic E-state index is 0.0403. The first-order chi connectivity index (χ1) is 12.2. The van der Waals surface area contributed by atoms with Crippen LogP contribution in [0.3, 0.4) is 0 Å². The van der Waals surface area contributed by atoms with Gasteiger partial charge < -0.3 is 14.6 Å². The van der Waals surface area contributed by atoms with Gasteiger partial charge in [0.1, 0.15) is 5.57 Å². The number of carboxylic acid groups (broad SMARTS) is 1. The van der Waals surface area contributed by atoms with E-state index in [1.165, 1.54) is 26.1 Å². The van der Waals surface area contributed by atoms with Crippen molar-refractivity contribution in [2.45, 2.75) is 20.0 Å². The number of hydrogen-bond donors (Lipinski definition) is 2. The first-order valence-electron chi connectivity index (χ1n) is 7.76. The highest BCUT2D eigenvalue weighted by atomic mass is 32.1. The number of ether oxygens (including phenoxy) is 2. The fourth-order valence-electron chi connectivity index (χ4n) is 2.13. The molecule has 2 N–H and O–H groups in total. The lowest BCUT2D eigenvalue weighted by atomic mass is 10.1. The summed E-state index contributed by atoms with van der Waals surface area (Å²) in [5.74, 6) is -1.65. The molecule has 1 fully saturated rings. The Bertz CT molecular complexity index is 804. The van der Waals surface area contributed by atoms with Crippen LogP contribution in [-0.2, 0) is 14.4 Å². The quantitative estimate of drug-likeness (QED) is 0.435. The number of nitrogens with zero attached hydrogens (tertiary/aromatic N) is 1. The number of rotatable bonds is 6. The van der Waals surface area contributed by atoms with Crippen molar-refractivity contribution >= 4 is 41.2 Å². The van der Waals surface area contributed by atoms with Crippen LogP contribution in [0.2, 0.25) is 0 Å². The third-order valence-electron chi connectivity index (χ3n) is 3.53. The molecule has 1 atom stereocenters. The van der Waals surface area contributed by atoms with E-state index in [1.807, 2.05) is 0 Å². The highest BCUT2D eigenvalue weighted by molar-refractivity contribution is 7.80. The minimum atomic E-state index is -1.11. The number of carbonyl (C=O) groups excluding carboxylic acids is 2. The van der Waals surface area contributed by atoms with E-state index in [1.54, 1.807) is 19.1 Å². The Morgan fingerprint density at radius 3 is 2.69 bits per heavy atom. The van der Waals surface area contributed by atoms with Crippen LogP contribution in [0.4, 0.5) is 0 Å². The molecule has 8 nitrogen and oxygen atoms in total. The van der Waals surface area contributed by atoms with Crippen molar-refractivity contribution in [2.24, 2.45) is 0 Å². The van der Waals surface area contributed by atoms with E-state index >= 15 is 0 Å². The summed E-state index contributed by atoms with van der Waals surface area (Å²) in [4.78, 5) is 36.4. The van der Waals surface area contributed by atoms with E-state index in [0.29, 0.717) is 17.9 Å². The van der Waals surface area contributed by atoms with Crippen molar-refractivity contribution < 1.29 is 29.0 Å². The Kier molecular flexibility index (Phi) is 5.93. The molecule has 1 heterocycles. The zero-order chi connectivity index (χ0) is 19.4. The predicted molar refractivity (Wildman–Crippen MR) is 96.8 cm³/mol. The van der Waals surface area contributed by atoms with Crippen LogP contribution < -0.4 is 14.8 Å². The molecular weight excluding hydrogens is 360 g/mol. The lowest BCUT2D eigenvalue weighted by Gasteiger charge is -2.25. The first-order valence-corrected chi connectivity index (χ1v) is 8.16. The molecule has 0 spiro atoms. The minimum Gasteiger partial charge on any atom is -0.490 e. The fraction of sp³-hybridized carbons (Fsp3) is 0.294. The number of thiocarbonyl (C=S) groups is 1. The molecule has 138 valence electrons. The van der Waals surface area contributed by atoms with Gasteiger partial charge in [-0.15, -0.1) is 0 Å². The molecule has 1 aliphatic rings. The van der Waals surface area contributed by atoms with Crippen molar-refractivity contribution in [3.8, 4) is 11.5 Å². The molecule has 0 radical (unpaired) electrons.